The second-order valence-electron chi connectivity index (χ2n) is 4.75. The number of hydrogen-bond donors (Lipinski definition) is 2. The molecular weight excluding hydrogens is 274 g/mol. The van der Waals surface area contributed by atoms with Gasteiger partial charge < -0.3 is 20.7 Å². The number of Topliss-reactive ketones (excluding diaryl/α,β-unsaturated/α-hetero) is 1. The summed E-state index contributed by atoms with van der Waals surface area (Å²) in [5.74, 6) is -0.699. The van der Waals surface area contributed by atoms with Crippen LogP contribution in [-0.4, -0.2) is 48.4 Å². The lowest BCUT2D eigenvalue weighted by atomic mass is 10.1. The Morgan fingerprint density at radius 1 is 1.38 bits per heavy atom. The molecule has 1 aromatic rings. The van der Waals surface area contributed by atoms with Crippen LogP contribution in [0.5, 0.6) is 0 Å². The number of hydrogen-bond acceptors (Lipinski definition) is 4. The lowest BCUT2D eigenvalue weighted by Crippen LogP contribution is -2.55. The molecule has 1 aliphatic heterocycles. The van der Waals surface area contributed by atoms with Crippen molar-refractivity contribution in [2.45, 2.75) is 13.0 Å². The Hall–Kier alpha value is -2.41. The van der Waals surface area contributed by atoms with E-state index in [0.717, 1.165) is 0 Å². The van der Waals surface area contributed by atoms with E-state index in [4.69, 9.17) is 10.5 Å². The third kappa shape index (κ3) is 3.57. The zero-order valence-electron chi connectivity index (χ0n) is 11.7. The van der Waals surface area contributed by atoms with Crippen molar-refractivity contribution in [2.24, 2.45) is 5.73 Å². The number of morpholine rings is 1. The maximum absolute atomic E-state index is 12.2. The van der Waals surface area contributed by atoms with Gasteiger partial charge in [0.2, 0.25) is 5.91 Å². The summed E-state index contributed by atoms with van der Waals surface area (Å²) >= 11 is 0. The summed E-state index contributed by atoms with van der Waals surface area (Å²) in [6.45, 7) is 2.18. The van der Waals surface area contributed by atoms with Gasteiger partial charge in [0.05, 0.1) is 13.2 Å². The minimum absolute atomic E-state index is 0.0903. The molecule has 0 aliphatic carbocycles. The van der Waals surface area contributed by atoms with Gasteiger partial charge in [0.1, 0.15) is 6.04 Å². The molecule has 2 rings (SSSR count). The Kier molecular flexibility index (Phi) is 4.54. The highest BCUT2D eigenvalue weighted by molar-refractivity contribution is 5.97. The van der Waals surface area contributed by atoms with Crippen molar-refractivity contribution in [1.29, 1.82) is 0 Å². The summed E-state index contributed by atoms with van der Waals surface area (Å²) < 4.78 is 5.16. The van der Waals surface area contributed by atoms with Crippen molar-refractivity contribution in [3.63, 3.8) is 0 Å². The van der Waals surface area contributed by atoms with Crippen LogP contribution >= 0.6 is 0 Å². The first-order valence-electron chi connectivity index (χ1n) is 6.54. The van der Waals surface area contributed by atoms with E-state index >= 15 is 0 Å². The van der Waals surface area contributed by atoms with E-state index in [1.165, 1.54) is 11.8 Å². The van der Waals surface area contributed by atoms with Crippen LogP contribution in [0.15, 0.2) is 24.3 Å². The first-order valence-corrected chi connectivity index (χ1v) is 6.54. The quantitative estimate of drug-likeness (QED) is 0.796. The van der Waals surface area contributed by atoms with Gasteiger partial charge in [-0.15, -0.1) is 0 Å². The van der Waals surface area contributed by atoms with Crippen molar-refractivity contribution < 1.29 is 19.1 Å². The normalized spacial score (nSPS) is 18.1. The Bertz CT molecular complexity index is 573. The van der Waals surface area contributed by atoms with Crippen LogP contribution in [0.4, 0.5) is 10.5 Å². The molecule has 7 nitrogen and oxygen atoms in total. The van der Waals surface area contributed by atoms with E-state index in [-0.39, 0.29) is 18.9 Å². The van der Waals surface area contributed by atoms with Crippen molar-refractivity contribution in [3.05, 3.63) is 29.8 Å². The molecule has 3 amide bonds. The fourth-order valence-electron chi connectivity index (χ4n) is 2.09. The molecule has 1 unspecified atom stereocenters. The maximum Gasteiger partial charge on any atom is 0.322 e. The largest absolute Gasteiger partial charge is 0.377 e. The van der Waals surface area contributed by atoms with Gasteiger partial charge in [-0.25, -0.2) is 4.79 Å². The average molecular weight is 291 g/mol. The van der Waals surface area contributed by atoms with Crippen LogP contribution in [-0.2, 0) is 9.53 Å². The van der Waals surface area contributed by atoms with Crippen LogP contribution in [0.3, 0.4) is 0 Å². The second-order valence-corrected chi connectivity index (χ2v) is 4.75. The van der Waals surface area contributed by atoms with Crippen molar-refractivity contribution in [2.75, 3.05) is 25.1 Å². The molecule has 3 N–H and O–H groups in total. The van der Waals surface area contributed by atoms with Crippen LogP contribution in [0.25, 0.3) is 0 Å². The standard InChI is InChI=1S/C14H17N3O4/c1-9(18)10-3-2-4-11(7-10)16-14(20)17-5-6-21-8-12(17)13(15)19/h2-4,7,12H,5-6,8H2,1H3,(H2,15,19)(H,16,20). The molecule has 1 heterocycles. The number of primary amides is 1. The molecule has 1 aromatic carbocycles. The summed E-state index contributed by atoms with van der Waals surface area (Å²) in [5.41, 5.74) is 6.26. The van der Waals surface area contributed by atoms with Crippen molar-refractivity contribution in [1.82, 2.24) is 4.90 Å². The van der Waals surface area contributed by atoms with Gasteiger partial charge in [0, 0.05) is 17.8 Å². The molecule has 21 heavy (non-hydrogen) atoms. The zero-order valence-corrected chi connectivity index (χ0v) is 11.7. The topological polar surface area (TPSA) is 102 Å². The second kappa shape index (κ2) is 6.36. The highest BCUT2D eigenvalue weighted by atomic mass is 16.5. The molecule has 112 valence electrons. The maximum atomic E-state index is 12.2. The molecule has 0 aromatic heterocycles. The van der Waals surface area contributed by atoms with Gasteiger partial charge in [0.25, 0.3) is 0 Å². The SMILES string of the molecule is CC(=O)c1cccc(NC(=O)N2CCOCC2C(N)=O)c1. The summed E-state index contributed by atoms with van der Waals surface area (Å²) in [7, 11) is 0. The predicted octanol–water partition coefficient (Wildman–Crippen LogP) is 0.607. The van der Waals surface area contributed by atoms with Gasteiger partial charge >= 0.3 is 6.03 Å². The molecule has 1 fully saturated rings. The third-order valence-electron chi connectivity index (χ3n) is 3.24. The van der Waals surface area contributed by atoms with Crippen LogP contribution < -0.4 is 11.1 Å². The number of benzene rings is 1. The average Bonchev–Trinajstić information content (AvgIpc) is 2.47. The first kappa shape index (κ1) is 15.0. The lowest BCUT2D eigenvalue weighted by molar-refractivity contribution is -0.126. The van der Waals surface area contributed by atoms with E-state index in [0.29, 0.717) is 17.9 Å². The smallest absolute Gasteiger partial charge is 0.322 e. The van der Waals surface area contributed by atoms with E-state index in [1.54, 1.807) is 24.3 Å². The number of nitrogens with one attached hydrogen (secondary N) is 1. The molecule has 1 aliphatic rings. The molecular formula is C14H17N3O4. The molecule has 0 bridgehead atoms. The number of nitrogens with two attached hydrogens (primary N) is 1. The highest BCUT2D eigenvalue weighted by Crippen LogP contribution is 2.14. The van der Waals surface area contributed by atoms with Crippen molar-refractivity contribution >= 4 is 23.4 Å². The number of ketones is 1. The molecule has 7 heteroatoms. The summed E-state index contributed by atoms with van der Waals surface area (Å²) in [6.07, 6.45) is 0. The number of ether oxygens (including phenoxy) is 1. The number of urea groups is 1. The van der Waals surface area contributed by atoms with Crippen LogP contribution in [0, 0.1) is 0 Å². The first-order chi connectivity index (χ1) is 9.99. The molecule has 0 spiro atoms. The Morgan fingerprint density at radius 2 is 2.14 bits per heavy atom. The van der Waals surface area contributed by atoms with E-state index in [1.807, 2.05) is 0 Å². The lowest BCUT2D eigenvalue weighted by Gasteiger charge is -2.33. The Labute approximate surface area is 122 Å². The van der Waals surface area contributed by atoms with Gasteiger partial charge in [-0.3, -0.25) is 9.59 Å². The van der Waals surface area contributed by atoms with Gasteiger partial charge in [-0.05, 0) is 19.1 Å². The number of amides is 3. The number of rotatable bonds is 3. The van der Waals surface area contributed by atoms with Gasteiger partial charge in [-0.1, -0.05) is 12.1 Å². The van der Waals surface area contributed by atoms with Crippen LogP contribution in [0.1, 0.15) is 17.3 Å². The molecule has 0 radical (unpaired) electrons. The minimum Gasteiger partial charge on any atom is -0.377 e. The number of nitrogens with zero attached hydrogens (tertiary/aromatic N) is 1. The summed E-state index contributed by atoms with van der Waals surface area (Å²) in [6, 6.07) is 5.37. The van der Waals surface area contributed by atoms with E-state index < -0.39 is 18.0 Å². The summed E-state index contributed by atoms with van der Waals surface area (Å²) in [5, 5.41) is 2.66. The number of anilines is 1. The predicted molar refractivity (Wildman–Crippen MR) is 76.0 cm³/mol. The van der Waals surface area contributed by atoms with Crippen LogP contribution in [0.2, 0.25) is 0 Å². The fraction of sp³-hybridized carbons (Fsp3) is 0.357. The van der Waals surface area contributed by atoms with E-state index in [9.17, 15) is 14.4 Å². The Morgan fingerprint density at radius 3 is 2.81 bits per heavy atom. The third-order valence-corrected chi connectivity index (χ3v) is 3.24. The number of carbonyl (C=O) groups is 3. The molecule has 0 saturated carbocycles. The minimum atomic E-state index is -0.783. The molecule has 1 saturated heterocycles. The fourth-order valence-corrected chi connectivity index (χ4v) is 2.09. The Balaban J connectivity index is 2.11. The monoisotopic (exact) mass is 291 g/mol. The van der Waals surface area contributed by atoms with E-state index in [2.05, 4.69) is 5.32 Å². The molecule has 1 atom stereocenters. The van der Waals surface area contributed by atoms with Gasteiger partial charge in [-0.2, -0.15) is 0 Å². The zero-order chi connectivity index (χ0) is 15.4. The number of carbonyl (C=O) groups excluding carboxylic acids is 3. The highest BCUT2D eigenvalue weighted by Gasteiger charge is 2.31. The van der Waals surface area contributed by atoms with Gasteiger partial charge in [0.15, 0.2) is 5.78 Å². The summed E-state index contributed by atoms with van der Waals surface area (Å²) in [4.78, 5) is 36.2. The van der Waals surface area contributed by atoms with Crippen molar-refractivity contribution in [3.8, 4) is 0 Å².